The first-order valence-corrected chi connectivity index (χ1v) is 9.95. The first-order chi connectivity index (χ1) is 15.5. The zero-order valence-corrected chi connectivity index (χ0v) is 17.8. The third-order valence-corrected chi connectivity index (χ3v) is 4.67. The zero-order chi connectivity index (χ0) is 22.9. The molecule has 0 saturated heterocycles. The molecule has 162 valence electrons. The van der Waals surface area contributed by atoms with Gasteiger partial charge in [-0.25, -0.2) is 4.79 Å². The third-order valence-electron chi connectivity index (χ3n) is 4.67. The average molecular weight is 430 g/mol. The molecule has 7 heteroatoms. The minimum atomic E-state index is -0.533. The molecule has 1 amide bonds. The Kier molecular flexibility index (Phi) is 7.44. The van der Waals surface area contributed by atoms with Gasteiger partial charge in [0, 0.05) is 0 Å². The third kappa shape index (κ3) is 5.64. The minimum absolute atomic E-state index is 0.0839. The van der Waals surface area contributed by atoms with E-state index in [4.69, 9.17) is 13.9 Å². The van der Waals surface area contributed by atoms with Gasteiger partial charge in [-0.1, -0.05) is 25.1 Å². The van der Waals surface area contributed by atoms with E-state index in [0.29, 0.717) is 22.6 Å². The number of methoxy groups -OCH3 is 1. The molecular weight excluding hydrogens is 408 g/mol. The summed E-state index contributed by atoms with van der Waals surface area (Å²) in [4.78, 5) is 24.8. The summed E-state index contributed by atoms with van der Waals surface area (Å²) in [5.41, 5.74) is 2.00. The number of nitrogens with one attached hydrogen (secondary N) is 1. The lowest BCUT2D eigenvalue weighted by atomic mass is 10.1. The monoisotopic (exact) mass is 430 g/mol. The Labute approximate surface area is 185 Å². The molecule has 1 aromatic heterocycles. The Hall–Kier alpha value is -4.31. The number of aryl methyl sites for hydroxylation is 1. The van der Waals surface area contributed by atoms with Crippen LogP contribution in [0.1, 0.15) is 34.2 Å². The molecule has 0 unspecified atom stereocenters. The van der Waals surface area contributed by atoms with E-state index in [1.165, 1.54) is 19.4 Å². The molecule has 1 heterocycles. The number of rotatable bonds is 8. The number of carbonyl (C=O) groups is 2. The summed E-state index contributed by atoms with van der Waals surface area (Å²) < 4.78 is 16.0. The minimum Gasteiger partial charge on any atom is -0.493 e. The Morgan fingerprint density at radius 1 is 1.12 bits per heavy atom. The highest BCUT2D eigenvalue weighted by Crippen LogP contribution is 2.29. The van der Waals surface area contributed by atoms with Crippen LogP contribution in [-0.2, 0) is 17.8 Å². The lowest BCUT2D eigenvalue weighted by Crippen LogP contribution is -2.23. The van der Waals surface area contributed by atoms with Crippen LogP contribution in [0.3, 0.4) is 0 Å². The number of nitrogens with zero attached hydrogens (tertiary/aromatic N) is 1. The number of hydrogen-bond donors (Lipinski definition) is 1. The van der Waals surface area contributed by atoms with Crippen molar-refractivity contribution in [2.24, 2.45) is 0 Å². The predicted octanol–water partition coefficient (Wildman–Crippen LogP) is 4.29. The Bertz CT molecular complexity index is 1160. The number of benzene rings is 2. The molecule has 3 aromatic rings. The fourth-order valence-corrected chi connectivity index (χ4v) is 2.88. The Balaban J connectivity index is 1.73. The average Bonchev–Trinajstić information content (AvgIpc) is 3.35. The maximum Gasteiger partial charge on any atom is 0.343 e. The maximum atomic E-state index is 12.5. The summed E-state index contributed by atoms with van der Waals surface area (Å²) in [6, 6.07) is 17.3. The van der Waals surface area contributed by atoms with Gasteiger partial charge >= 0.3 is 5.97 Å². The van der Waals surface area contributed by atoms with Crippen molar-refractivity contribution < 1.29 is 23.5 Å². The van der Waals surface area contributed by atoms with Crippen molar-refractivity contribution in [3.8, 4) is 17.6 Å². The highest BCUT2D eigenvalue weighted by atomic mass is 16.6. The van der Waals surface area contributed by atoms with Gasteiger partial charge in [-0.05, 0) is 60.0 Å². The van der Waals surface area contributed by atoms with Crippen molar-refractivity contribution in [2.75, 3.05) is 7.11 Å². The molecule has 0 atom stereocenters. The molecule has 0 spiro atoms. The molecule has 0 saturated carbocycles. The van der Waals surface area contributed by atoms with Crippen LogP contribution in [0.25, 0.3) is 6.08 Å². The second kappa shape index (κ2) is 10.6. The zero-order valence-electron chi connectivity index (χ0n) is 17.8. The first kappa shape index (κ1) is 22.4. The standard InChI is InChI=1S/C25H22N2O5/c1-3-17-6-9-19(10-7-17)25(29)32-22-11-8-18(14-23(22)30-2)13-20(15-26)24(28)27-16-21-5-4-12-31-21/h4-14H,3,16H2,1-2H3,(H,27,28)/b20-13+. The number of esters is 1. The van der Waals surface area contributed by atoms with Gasteiger partial charge in [0.25, 0.3) is 5.91 Å². The van der Waals surface area contributed by atoms with E-state index in [2.05, 4.69) is 5.32 Å². The quantitative estimate of drug-likeness (QED) is 0.248. The molecule has 0 radical (unpaired) electrons. The number of amides is 1. The van der Waals surface area contributed by atoms with Gasteiger partial charge in [0.15, 0.2) is 11.5 Å². The smallest absolute Gasteiger partial charge is 0.343 e. The molecule has 0 aliphatic heterocycles. The fourth-order valence-electron chi connectivity index (χ4n) is 2.88. The van der Waals surface area contributed by atoms with Gasteiger partial charge in [-0.3, -0.25) is 4.79 Å². The largest absolute Gasteiger partial charge is 0.493 e. The molecule has 3 rings (SSSR count). The molecule has 1 N–H and O–H groups in total. The van der Waals surface area contributed by atoms with Crippen LogP contribution in [0, 0.1) is 11.3 Å². The highest BCUT2D eigenvalue weighted by Gasteiger charge is 2.14. The SMILES string of the molecule is CCc1ccc(C(=O)Oc2ccc(/C=C(\C#N)C(=O)NCc3ccco3)cc2OC)cc1. The number of carbonyl (C=O) groups excluding carboxylic acids is 2. The Morgan fingerprint density at radius 3 is 2.53 bits per heavy atom. The van der Waals surface area contributed by atoms with Crippen LogP contribution in [0.5, 0.6) is 11.5 Å². The summed E-state index contributed by atoms with van der Waals surface area (Å²) in [6.07, 6.45) is 3.81. The first-order valence-electron chi connectivity index (χ1n) is 9.95. The van der Waals surface area contributed by atoms with Gasteiger partial charge in [-0.15, -0.1) is 0 Å². The molecule has 0 aliphatic rings. The van der Waals surface area contributed by atoms with E-state index in [0.717, 1.165) is 12.0 Å². The van der Waals surface area contributed by atoms with Crippen molar-refractivity contribution in [2.45, 2.75) is 19.9 Å². The fraction of sp³-hybridized carbons (Fsp3) is 0.160. The van der Waals surface area contributed by atoms with Crippen molar-refractivity contribution >= 4 is 18.0 Å². The summed E-state index contributed by atoms with van der Waals surface area (Å²) in [5, 5.41) is 12.0. The van der Waals surface area contributed by atoms with Crippen LogP contribution >= 0.6 is 0 Å². The van der Waals surface area contributed by atoms with Gasteiger partial charge in [0.05, 0.1) is 25.5 Å². The lowest BCUT2D eigenvalue weighted by Gasteiger charge is -2.10. The summed E-state index contributed by atoms with van der Waals surface area (Å²) in [6.45, 7) is 2.21. The predicted molar refractivity (Wildman–Crippen MR) is 118 cm³/mol. The Morgan fingerprint density at radius 2 is 1.91 bits per heavy atom. The summed E-state index contributed by atoms with van der Waals surface area (Å²) >= 11 is 0. The van der Waals surface area contributed by atoms with Crippen LogP contribution in [0.4, 0.5) is 0 Å². The van der Waals surface area contributed by atoms with Gasteiger partial charge in [-0.2, -0.15) is 5.26 Å². The van der Waals surface area contributed by atoms with Crippen molar-refractivity contribution in [3.63, 3.8) is 0 Å². The number of nitriles is 1. The molecule has 32 heavy (non-hydrogen) atoms. The second-order valence-electron chi connectivity index (χ2n) is 6.78. The van der Waals surface area contributed by atoms with E-state index in [9.17, 15) is 14.9 Å². The number of hydrogen-bond acceptors (Lipinski definition) is 6. The van der Waals surface area contributed by atoms with E-state index < -0.39 is 11.9 Å². The maximum absolute atomic E-state index is 12.5. The van der Waals surface area contributed by atoms with Crippen molar-refractivity contribution in [1.29, 1.82) is 5.26 Å². The van der Waals surface area contributed by atoms with Crippen LogP contribution < -0.4 is 14.8 Å². The van der Waals surface area contributed by atoms with Crippen molar-refractivity contribution in [1.82, 2.24) is 5.32 Å². The topological polar surface area (TPSA) is 102 Å². The van der Waals surface area contributed by atoms with Gasteiger partial charge in [0.1, 0.15) is 17.4 Å². The molecule has 2 aromatic carbocycles. The van der Waals surface area contributed by atoms with Crippen molar-refractivity contribution in [3.05, 3.63) is 88.9 Å². The molecular formula is C25H22N2O5. The lowest BCUT2D eigenvalue weighted by molar-refractivity contribution is -0.117. The van der Waals surface area contributed by atoms with Gasteiger partial charge < -0.3 is 19.2 Å². The van der Waals surface area contributed by atoms with E-state index in [1.807, 2.05) is 25.1 Å². The molecule has 0 bridgehead atoms. The highest BCUT2D eigenvalue weighted by molar-refractivity contribution is 6.01. The van der Waals surface area contributed by atoms with Crippen LogP contribution in [0.15, 0.2) is 70.9 Å². The van der Waals surface area contributed by atoms with E-state index in [-0.39, 0.29) is 17.9 Å². The normalized spacial score (nSPS) is 10.8. The van der Waals surface area contributed by atoms with Gasteiger partial charge in [0.2, 0.25) is 0 Å². The molecule has 7 nitrogen and oxygen atoms in total. The molecule has 0 aliphatic carbocycles. The second-order valence-corrected chi connectivity index (χ2v) is 6.78. The number of ether oxygens (including phenoxy) is 2. The van der Waals surface area contributed by atoms with Crippen LogP contribution in [-0.4, -0.2) is 19.0 Å². The van der Waals surface area contributed by atoms with E-state index in [1.54, 1.807) is 42.5 Å². The molecule has 0 fully saturated rings. The van der Waals surface area contributed by atoms with Crippen LogP contribution in [0.2, 0.25) is 0 Å². The number of furan rings is 1. The summed E-state index contributed by atoms with van der Waals surface area (Å²) in [7, 11) is 1.44. The van der Waals surface area contributed by atoms with E-state index >= 15 is 0 Å². The summed E-state index contributed by atoms with van der Waals surface area (Å²) in [5.74, 6) is 0.0616.